The summed E-state index contributed by atoms with van der Waals surface area (Å²) < 4.78 is 1.46. The second-order valence-corrected chi connectivity index (χ2v) is 6.76. The number of fused-ring (bicyclic) bond motifs is 1. The molecule has 0 bridgehead atoms. The van der Waals surface area contributed by atoms with Crippen molar-refractivity contribution in [2.75, 3.05) is 5.32 Å². The third-order valence-electron chi connectivity index (χ3n) is 4.20. The molecule has 4 rings (SSSR count). The van der Waals surface area contributed by atoms with E-state index in [0.29, 0.717) is 16.7 Å². The Balaban J connectivity index is 1.76. The molecule has 1 aliphatic carbocycles. The molecule has 0 aliphatic heterocycles. The molecule has 1 aliphatic rings. The van der Waals surface area contributed by atoms with Gasteiger partial charge in [0.2, 0.25) is 5.91 Å². The van der Waals surface area contributed by atoms with Gasteiger partial charge in [-0.25, -0.2) is 4.98 Å². The predicted molar refractivity (Wildman–Crippen MR) is 97.3 cm³/mol. The lowest BCUT2D eigenvalue weighted by molar-refractivity contribution is -0.117. The number of anilines is 1. The fraction of sp³-hybridized carbons (Fsp3) is 0.167. The Morgan fingerprint density at radius 1 is 1.12 bits per heavy atom. The van der Waals surface area contributed by atoms with Crippen molar-refractivity contribution < 1.29 is 9.59 Å². The van der Waals surface area contributed by atoms with E-state index >= 15 is 0 Å². The summed E-state index contributed by atoms with van der Waals surface area (Å²) in [5.74, 6) is 0.151. The van der Waals surface area contributed by atoms with Crippen LogP contribution in [0.1, 0.15) is 23.2 Å². The minimum absolute atomic E-state index is 0.0341. The molecule has 1 saturated carbocycles. The number of hydrogen-bond acceptors (Lipinski definition) is 3. The monoisotopic (exact) mass is 373 g/mol. The Labute approximate surface area is 153 Å². The maximum Gasteiger partial charge on any atom is 0.265 e. The Kier molecular flexibility index (Phi) is 3.98. The summed E-state index contributed by atoms with van der Waals surface area (Å²) in [6.07, 6.45) is 5.00. The number of benzene rings is 1. The van der Waals surface area contributed by atoms with Gasteiger partial charge in [0.25, 0.3) is 5.91 Å². The Morgan fingerprint density at radius 2 is 1.84 bits per heavy atom. The first-order valence-corrected chi connectivity index (χ1v) is 8.57. The molecule has 0 radical (unpaired) electrons. The van der Waals surface area contributed by atoms with E-state index in [0.717, 1.165) is 12.8 Å². The van der Waals surface area contributed by atoms with Gasteiger partial charge in [0.05, 0.1) is 21.1 Å². The molecule has 2 heterocycles. The minimum atomic E-state index is -0.337. The van der Waals surface area contributed by atoms with Crippen LogP contribution in [-0.4, -0.2) is 21.4 Å². The lowest BCUT2D eigenvalue weighted by Gasteiger charge is -2.09. The van der Waals surface area contributed by atoms with Crippen molar-refractivity contribution in [3.05, 3.63) is 58.3 Å². The second-order valence-electron chi connectivity index (χ2n) is 5.94. The third-order valence-corrected chi connectivity index (χ3v) is 4.83. The van der Waals surface area contributed by atoms with Crippen LogP contribution in [0.25, 0.3) is 10.9 Å². The zero-order valence-corrected chi connectivity index (χ0v) is 14.5. The number of amides is 1. The molecule has 25 heavy (non-hydrogen) atoms. The highest BCUT2D eigenvalue weighted by Gasteiger charge is 2.30. The van der Waals surface area contributed by atoms with Gasteiger partial charge in [-0.3, -0.25) is 14.2 Å². The van der Waals surface area contributed by atoms with Crippen LogP contribution in [0.5, 0.6) is 0 Å². The Hall–Kier alpha value is -2.37. The van der Waals surface area contributed by atoms with Gasteiger partial charge in [-0.1, -0.05) is 29.3 Å². The first-order valence-electron chi connectivity index (χ1n) is 7.82. The van der Waals surface area contributed by atoms with Crippen LogP contribution in [0.15, 0.2) is 42.7 Å². The van der Waals surface area contributed by atoms with Crippen LogP contribution in [-0.2, 0) is 4.79 Å². The second kappa shape index (κ2) is 6.17. The topological polar surface area (TPSA) is 64.0 Å². The summed E-state index contributed by atoms with van der Waals surface area (Å²) in [4.78, 5) is 29.1. The van der Waals surface area contributed by atoms with Crippen LogP contribution >= 0.6 is 23.2 Å². The summed E-state index contributed by atoms with van der Waals surface area (Å²) in [5, 5.41) is 4.10. The number of aromatic nitrogens is 2. The quantitative estimate of drug-likeness (QED) is 0.740. The summed E-state index contributed by atoms with van der Waals surface area (Å²) in [7, 11) is 0. The first-order chi connectivity index (χ1) is 12.1. The number of pyridine rings is 1. The molecule has 1 amide bonds. The van der Waals surface area contributed by atoms with Crippen LogP contribution in [0.3, 0.4) is 0 Å². The zero-order chi connectivity index (χ0) is 17.6. The molecule has 1 aromatic carbocycles. The van der Waals surface area contributed by atoms with Crippen molar-refractivity contribution in [1.82, 2.24) is 9.55 Å². The number of nitrogens with one attached hydrogen (secondary N) is 1. The normalized spacial score (nSPS) is 13.8. The van der Waals surface area contributed by atoms with E-state index in [-0.39, 0.29) is 33.3 Å². The van der Waals surface area contributed by atoms with Gasteiger partial charge >= 0.3 is 0 Å². The fourth-order valence-electron chi connectivity index (χ4n) is 2.73. The first kappa shape index (κ1) is 16.1. The van der Waals surface area contributed by atoms with E-state index < -0.39 is 0 Å². The number of rotatable bonds is 3. The van der Waals surface area contributed by atoms with Gasteiger partial charge in [0.15, 0.2) is 0 Å². The maximum absolute atomic E-state index is 12.9. The Bertz CT molecular complexity index is 988. The molecule has 0 saturated heterocycles. The molecule has 126 valence electrons. The molecule has 1 fully saturated rings. The minimum Gasteiger partial charge on any atom is -0.310 e. The molecule has 0 spiro atoms. The highest BCUT2D eigenvalue weighted by atomic mass is 35.5. The fourth-order valence-corrected chi connectivity index (χ4v) is 3.29. The van der Waals surface area contributed by atoms with Crippen molar-refractivity contribution in [3.8, 4) is 0 Å². The predicted octanol–water partition coefficient (Wildman–Crippen LogP) is 4.38. The largest absolute Gasteiger partial charge is 0.310 e. The number of hydrogen-bond donors (Lipinski definition) is 1. The van der Waals surface area contributed by atoms with Crippen molar-refractivity contribution in [3.63, 3.8) is 0 Å². The molecule has 7 heteroatoms. The summed E-state index contributed by atoms with van der Waals surface area (Å²) in [5.41, 5.74) is 0.866. The van der Waals surface area contributed by atoms with Crippen LogP contribution in [0.2, 0.25) is 10.0 Å². The number of carbonyl (C=O) groups excluding carboxylic acids is 2. The third kappa shape index (κ3) is 2.90. The standard InChI is InChI=1S/C18H13Cl2N3O2/c19-12-2-1-3-13(20)15(12)18(25)23-9-7-11-14(23)6-8-21-16(11)22-17(24)10-4-5-10/h1-3,6-10H,4-5H2,(H,21,22,24). The molecule has 1 N–H and O–H groups in total. The SMILES string of the molecule is O=C(Nc1nccc2c1ccn2C(=O)c1c(Cl)cccc1Cl)C1CC1. The van der Waals surface area contributed by atoms with Gasteiger partial charge < -0.3 is 5.32 Å². The molecule has 3 aromatic rings. The zero-order valence-electron chi connectivity index (χ0n) is 13.0. The van der Waals surface area contributed by atoms with Crippen molar-refractivity contribution >= 4 is 51.7 Å². The highest BCUT2D eigenvalue weighted by Crippen LogP contribution is 2.32. The van der Waals surface area contributed by atoms with Gasteiger partial charge in [-0.2, -0.15) is 0 Å². The summed E-state index contributed by atoms with van der Waals surface area (Å²) >= 11 is 12.3. The van der Waals surface area contributed by atoms with Crippen LogP contribution < -0.4 is 5.32 Å². The average molecular weight is 374 g/mol. The van der Waals surface area contributed by atoms with Gasteiger partial charge in [0, 0.05) is 23.7 Å². The molecule has 5 nitrogen and oxygen atoms in total. The van der Waals surface area contributed by atoms with Gasteiger partial charge in [-0.05, 0) is 37.1 Å². The molecular weight excluding hydrogens is 361 g/mol. The molecule has 2 aromatic heterocycles. The summed E-state index contributed by atoms with van der Waals surface area (Å²) in [6, 6.07) is 8.38. The Morgan fingerprint density at radius 3 is 2.52 bits per heavy atom. The van der Waals surface area contributed by atoms with Crippen molar-refractivity contribution in [2.24, 2.45) is 5.92 Å². The molecular formula is C18H13Cl2N3O2. The van der Waals surface area contributed by atoms with Crippen molar-refractivity contribution in [1.29, 1.82) is 0 Å². The molecule has 0 atom stereocenters. The van der Waals surface area contributed by atoms with Crippen LogP contribution in [0, 0.1) is 5.92 Å². The van der Waals surface area contributed by atoms with Gasteiger partial charge in [0.1, 0.15) is 5.82 Å². The number of carbonyl (C=O) groups is 2. The average Bonchev–Trinajstić information content (AvgIpc) is 3.34. The molecule has 0 unspecified atom stereocenters. The maximum atomic E-state index is 12.9. The number of nitrogens with zero attached hydrogens (tertiary/aromatic N) is 2. The lowest BCUT2D eigenvalue weighted by Crippen LogP contribution is -2.15. The van der Waals surface area contributed by atoms with E-state index in [2.05, 4.69) is 10.3 Å². The van der Waals surface area contributed by atoms with E-state index in [4.69, 9.17) is 23.2 Å². The van der Waals surface area contributed by atoms with E-state index in [1.165, 1.54) is 4.57 Å². The highest BCUT2D eigenvalue weighted by molar-refractivity contribution is 6.40. The lowest BCUT2D eigenvalue weighted by atomic mass is 10.2. The van der Waals surface area contributed by atoms with Crippen LogP contribution in [0.4, 0.5) is 5.82 Å². The van der Waals surface area contributed by atoms with Gasteiger partial charge in [-0.15, -0.1) is 0 Å². The summed E-state index contributed by atoms with van der Waals surface area (Å²) in [6.45, 7) is 0. The number of halogens is 2. The smallest absolute Gasteiger partial charge is 0.265 e. The van der Waals surface area contributed by atoms with E-state index in [9.17, 15) is 9.59 Å². The van der Waals surface area contributed by atoms with Crippen molar-refractivity contribution in [2.45, 2.75) is 12.8 Å². The van der Waals surface area contributed by atoms with E-state index in [1.807, 2.05) is 0 Å². The van der Waals surface area contributed by atoms with E-state index in [1.54, 1.807) is 42.7 Å².